The lowest BCUT2D eigenvalue weighted by Gasteiger charge is -2.33. The second kappa shape index (κ2) is 9.93. The van der Waals surface area contributed by atoms with Crippen LogP contribution in [0.4, 0.5) is 0 Å². The summed E-state index contributed by atoms with van der Waals surface area (Å²) in [5.74, 6) is 0. The van der Waals surface area contributed by atoms with Gasteiger partial charge in [-0.1, -0.05) is 43.7 Å². The van der Waals surface area contributed by atoms with Crippen molar-refractivity contribution in [3.63, 3.8) is 0 Å². The third-order valence-corrected chi connectivity index (χ3v) is 3.56. The van der Waals surface area contributed by atoms with Gasteiger partial charge in [-0.3, -0.25) is 0 Å². The second-order valence-corrected chi connectivity index (χ2v) is 5.34. The van der Waals surface area contributed by atoms with Gasteiger partial charge < -0.3 is 14.2 Å². The summed E-state index contributed by atoms with van der Waals surface area (Å²) in [7, 11) is 0. The van der Waals surface area contributed by atoms with Crippen LogP contribution in [0, 0.1) is 0 Å². The molecule has 120 valence electrons. The van der Waals surface area contributed by atoms with Crippen LogP contribution in [0.25, 0.3) is 0 Å². The molecule has 0 fully saturated rings. The zero-order valence-corrected chi connectivity index (χ0v) is 13.9. The Bertz CT molecular complexity index is 366. The fraction of sp³-hybridized carbons (Fsp3) is 0.667. The Morgan fingerprint density at radius 1 is 1.00 bits per heavy atom. The lowest BCUT2D eigenvalue weighted by atomic mass is 9.92. The van der Waals surface area contributed by atoms with E-state index in [0.717, 1.165) is 25.0 Å². The molecule has 3 heteroatoms. The van der Waals surface area contributed by atoms with E-state index in [9.17, 15) is 0 Å². The zero-order chi connectivity index (χ0) is 15.6. The summed E-state index contributed by atoms with van der Waals surface area (Å²) in [5, 5.41) is 0. The molecule has 21 heavy (non-hydrogen) atoms. The minimum Gasteiger partial charge on any atom is -0.371 e. The molecule has 0 aliphatic rings. The zero-order valence-electron chi connectivity index (χ0n) is 13.9. The van der Waals surface area contributed by atoms with Crippen molar-refractivity contribution in [2.24, 2.45) is 0 Å². The normalized spacial score (nSPS) is 15.6. The summed E-state index contributed by atoms with van der Waals surface area (Å²) >= 11 is 0. The Hall–Kier alpha value is -0.900. The molecule has 2 unspecified atom stereocenters. The molecule has 0 aromatic heterocycles. The van der Waals surface area contributed by atoms with Gasteiger partial charge in [-0.2, -0.15) is 0 Å². The van der Waals surface area contributed by atoms with Gasteiger partial charge in [0.25, 0.3) is 0 Å². The minimum atomic E-state index is -0.387. The number of benzene rings is 1. The predicted octanol–water partition coefficient (Wildman–Crippen LogP) is 4.51. The second-order valence-electron chi connectivity index (χ2n) is 5.34. The van der Waals surface area contributed by atoms with Gasteiger partial charge in [0.2, 0.25) is 0 Å². The molecular formula is C18H30O3. The minimum absolute atomic E-state index is 0.224. The van der Waals surface area contributed by atoms with E-state index in [0.29, 0.717) is 19.6 Å². The van der Waals surface area contributed by atoms with Crippen LogP contribution in [0.5, 0.6) is 0 Å². The summed E-state index contributed by atoms with van der Waals surface area (Å²) in [4.78, 5) is 0. The third kappa shape index (κ3) is 6.16. The smallest absolute Gasteiger partial charge is 0.160 e. The summed E-state index contributed by atoms with van der Waals surface area (Å²) < 4.78 is 17.7. The topological polar surface area (TPSA) is 27.7 Å². The highest BCUT2D eigenvalue weighted by atomic mass is 16.7. The number of hydrogen-bond acceptors (Lipinski definition) is 3. The van der Waals surface area contributed by atoms with Crippen molar-refractivity contribution in [2.75, 3.05) is 19.8 Å². The number of ether oxygens (including phenoxy) is 3. The van der Waals surface area contributed by atoms with Crippen LogP contribution in [0.1, 0.15) is 52.5 Å². The average molecular weight is 294 g/mol. The Labute approximate surface area is 129 Å². The van der Waals surface area contributed by atoms with Crippen molar-refractivity contribution >= 4 is 0 Å². The Morgan fingerprint density at radius 2 is 1.71 bits per heavy atom. The molecule has 0 aliphatic carbocycles. The highest BCUT2D eigenvalue weighted by Crippen LogP contribution is 2.31. The lowest BCUT2D eigenvalue weighted by Crippen LogP contribution is -2.34. The quantitative estimate of drug-likeness (QED) is 0.444. The maximum absolute atomic E-state index is 6.04. The Kier molecular flexibility index (Phi) is 8.58. The average Bonchev–Trinajstić information content (AvgIpc) is 2.49. The van der Waals surface area contributed by atoms with E-state index in [1.54, 1.807) is 0 Å². The van der Waals surface area contributed by atoms with E-state index in [1.807, 2.05) is 32.0 Å². The largest absolute Gasteiger partial charge is 0.371 e. The molecule has 3 nitrogen and oxygen atoms in total. The van der Waals surface area contributed by atoms with Gasteiger partial charge in [0.1, 0.15) is 0 Å². The third-order valence-electron chi connectivity index (χ3n) is 3.56. The highest BCUT2D eigenvalue weighted by molar-refractivity contribution is 5.21. The van der Waals surface area contributed by atoms with Gasteiger partial charge in [-0.25, -0.2) is 0 Å². The molecule has 0 heterocycles. The standard InChI is InChI=1S/C18H30O3/c1-5-8-14-20-17(19-6-2)15-18(4,21-7-3)16-12-10-9-11-13-16/h9-13,17H,5-8,14-15H2,1-4H3. The summed E-state index contributed by atoms with van der Waals surface area (Å²) in [6.45, 7) is 10.3. The molecule has 0 amide bonds. The van der Waals surface area contributed by atoms with Crippen LogP contribution < -0.4 is 0 Å². The molecular weight excluding hydrogens is 264 g/mol. The van der Waals surface area contributed by atoms with Gasteiger partial charge in [-0.15, -0.1) is 0 Å². The van der Waals surface area contributed by atoms with Gasteiger partial charge >= 0.3 is 0 Å². The molecule has 0 radical (unpaired) electrons. The fourth-order valence-electron chi connectivity index (χ4n) is 2.40. The van der Waals surface area contributed by atoms with Crippen molar-refractivity contribution in [1.29, 1.82) is 0 Å². The molecule has 0 aliphatic heterocycles. The fourth-order valence-corrected chi connectivity index (χ4v) is 2.40. The molecule has 1 aromatic rings. The lowest BCUT2D eigenvalue weighted by molar-refractivity contribution is -0.180. The molecule has 1 aromatic carbocycles. The maximum atomic E-state index is 6.04. The predicted molar refractivity (Wildman–Crippen MR) is 86.3 cm³/mol. The molecule has 0 saturated carbocycles. The van der Waals surface area contributed by atoms with Crippen LogP contribution in [-0.4, -0.2) is 26.1 Å². The van der Waals surface area contributed by atoms with Gasteiger partial charge in [0.05, 0.1) is 5.60 Å². The molecule has 0 saturated heterocycles. The van der Waals surface area contributed by atoms with Crippen molar-refractivity contribution in [2.45, 2.75) is 58.8 Å². The van der Waals surface area contributed by atoms with Crippen LogP contribution in [0.2, 0.25) is 0 Å². The molecule has 2 atom stereocenters. The van der Waals surface area contributed by atoms with E-state index in [2.05, 4.69) is 26.0 Å². The van der Waals surface area contributed by atoms with Crippen LogP contribution in [0.3, 0.4) is 0 Å². The van der Waals surface area contributed by atoms with E-state index < -0.39 is 0 Å². The first kappa shape index (κ1) is 18.1. The first-order chi connectivity index (χ1) is 10.2. The molecule has 1 rings (SSSR count). The molecule has 0 bridgehead atoms. The Morgan fingerprint density at radius 3 is 2.29 bits per heavy atom. The van der Waals surface area contributed by atoms with Crippen LogP contribution in [0.15, 0.2) is 30.3 Å². The van der Waals surface area contributed by atoms with E-state index in [1.165, 1.54) is 0 Å². The van der Waals surface area contributed by atoms with Gasteiger partial charge in [-0.05, 0) is 32.8 Å². The van der Waals surface area contributed by atoms with E-state index in [-0.39, 0.29) is 11.9 Å². The van der Waals surface area contributed by atoms with Crippen molar-refractivity contribution in [1.82, 2.24) is 0 Å². The number of hydrogen-bond donors (Lipinski definition) is 0. The van der Waals surface area contributed by atoms with E-state index >= 15 is 0 Å². The highest BCUT2D eigenvalue weighted by Gasteiger charge is 2.31. The van der Waals surface area contributed by atoms with E-state index in [4.69, 9.17) is 14.2 Å². The maximum Gasteiger partial charge on any atom is 0.160 e. The first-order valence-electron chi connectivity index (χ1n) is 8.09. The number of rotatable bonds is 11. The van der Waals surface area contributed by atoms with Crippen molar-refractivity contribution in [3.05, 3.63) is 35.9 Å². The first-order valence-corrected chi connectivity index (χ1v) is 8.09. The SMILES string of the molecule is CCCCOC(CC(C)(OCC)c1ccccc1)OCC. The van der Waals surface area contributed by atoms with Gasteiger partial charge in [0.15, 0.2) is 6.29 Å². The molecule has 0 spiro atoms. The van der Waals surface area contributed by atoms with Crippen molar-refractivity contribution in [3.8, 4) is 0 Å². The monoisotopic (exact) mass is 294 g/mol. The summed E-state index contributed by atoms with van der Waals surface area (Å²) in [5.41, 5.74) is 0.776. The summed E-state index contributed by atoms with van der Waals surface area (Å²) in [6, 6.07) is 10.3. The van der Waals surface area contributed by atoms with Crippen molar-refractivity contribution < 1.29 is 14.2 Å². The number of unbranched alkanes of at least 4 members (excludes halogenated alkanes) is 1. The van der Waals surface area contributed by atoms with Crippen LogP contribution >= 0.6 is 0 Å². The Balaban J connectivity index is 2.77. The molecule has 0 N–H and O–H groups in total. The van der Waals surface area contributed by atoms with Gasteiger partial charge in [0, 0.05) is 26.2 Å². The summed E-state index contributed by atoms with van der Waals surface area (Å²) in [6.07, 6.45) is 2.65. The van der Waals surface area contributed by atoms with Crippen LogP contribution in [-0.2, 0) is 19.8 Å².